The summed E-state index contributed by atoms with van der Waals surface area (Å²) in [5.41, 5.74) is 5.48. The van der Waals surface area contributed by atoms with Gasteiger partial charge in [0.2, 0.25) is 5.91 Å². The van der Waals surface area contributed by atoms with Gasteiger partial charge in [-0.25, -0.2) is 4.98 Å². The van der Waals surface area contributed by atoms with Gasteiger partial charge in [0, 0.05) is 23.2 Å². The third kappa shape index (κ3) is 4.30. The highest BCUT2D eigenvalue weighted by Gasteiger charge is 2.05. The molecule has 3 nitrogen and oxygen atoms in total. The molecule has 0 radical (unpaired) electrons. The van der Waals surface area contributed by atoms with Crippen molar-refractivity contribution in [3.63, 3.8) is 0 Å². The van der Waals surface area contributed by atoms with E-state index in [1.165, 1.54) is 5.56 Å². The number of aromatic nitrogens is 1. The molecule has 1 amide bonds. The molecule has 0 saturated heterocycles. The average molecular weight is 336 g/mol. The van der Waals surface area contributed by atoms with E-state index in [1.807, 2.05) is 50.2 Å². The smallest absolute Gasteiger partial charge is 0.224 e. The predicted octanol–water partition coefficient (Wildman–Crippen LogP) is 4.29. The fourth-order valence-corrected chi connectivity index (χ4v) is 3.21. The lowest BCUT2D eigenvalue weighted by Crippen LogP contribution is -2.24. The summed E-state index contributed by atoms with van der Waals surface area (Å²) in [5, 5.41) is 6.05. The second-order valence-corrected chi connectivity index (χ2v) is 6.79. The highest BCUT2D eigenvalue weighted by atomic mass is 32.1. The minimum atomic E-state index is 0.0403. The van der Waals surface area contributed by atoms with E-state index >= 15 is 0 Å². The van der Waals surface area contributed by atoms with Crippen molar-refractivity contribution in [1.29, 1.82) is 0 Å². The minimum absolute atomic E-state index is 0.0403. The van der Waals surface area contributed by atoms with Gasteiger partial charge in [-0.3, -0.25) is 4.79 Å². The molecule has 2 aromatic carbocycles. The van der Waals surface area contributed by atoms with Gasteiger partial charge < -0.3 is 5.32 Å². The number of aryl methyl sites for hydroxylation is 2. The second-order valence-electron chi connectivity index (χ2n) is 5.93. The number of carbonyl (C=O) groups is 1. The Morgan fingerprint density at radius 2 is 1.67 bits per heavy atom. The van der Waals surface area contributed by atoms with E-state index in [1.54, 1.807) is 11.3 Å². The number of nitrogens with zero attached hydrogens (tertiary/aromatic N) is 1. The molecule has 1 aromatic heterocycles. The molecule has 3 rings (SSSR count). The Balaban J connectivity index is 1.54. The van der Waals surface area contributed by atoms with Crippen LogP contribution in [0.1, 0.15) is 22.4 Å². The van der Waals surface area contributed by atoms with Gasteiger partial charge in [0.15, 0.2) is 0 Å². The molecule has 1 heterocycles. The molecule has 3 aromatic rings. The maximum Gasteiger partial charge on any atom is 0.224 e. The van der Waals surface area contributed by atoms with Crippen molar-refractivity contribution in [3.05, 3.63) is 76.3 Å². The number of thiazole rings is 1. The predicted molar refractivity (Wildman–Crippen MR) is 99.0 cm³/mol. The normalized spacial score (nSPS) is 10.6. The Morgan fingerprint density at radius 3 is 2.29 bits per heavy atom. The average Bonchev–Trinajstić information content (AvgIpc) is 3.02. The third-order valence-corrected chi connectivity index (χ3v) is 4.80. The second kappa shape index (κ2) is 7.41. The van der Waals surface area contributed by atoms with Crippen LogP contribution in [-0.4, -0.2) is 10.9 Å². The molecule has 0 bridgehead atoms. The molecule has 1 N–H and O–H groups in total. The van der Waals surface area contributed by atoms with Gasteiger partial charge >= 0.3 is 0 Å². The molecule has 122 valence electrons. The van der Waals surface area contributed by atoms with Crippen molar-refractivity contribution in [1.82, 2.24) is 10.3 Å². The lowest BCUT2D eigenvalue weighted by Gasteiger charge is -2.06. The van der Waals surface area contributed by atoms with Gasteiger partial charge in [-0.05, 0) is 25.0 Å². The molecule has 0 saturated carbocycles. The topological polar surface area (TPSA) is 42.0 Å². The van der Waals surface area contributed by atoms with Crippen LogP contribution in [0.3, 0.4) is 0 Å². The van der Waals surface area contributed by atoms with Gasteiger partial charge in [-0.15, -0.1) is 11.3 Å². The lowest BCUT2D eigenvalue weighted by atomic mass is 10.1. The fraction of sp³-hybridized carbons (Fsp3) is 0.200. The first kappa shape index (κ1) is 16.4. The SMILES string of the molecule is Cc1ccc(CC(=O)NCc2ccc(-c3nc(C)cs3)cc2)cc1. The Kier molecular flexibility index (Phi) is 5.06. The summed E-state index contributed by atoms with van der Waals surface area (Å²) in [4.78, 5) is 16.5. The molecule has 0 aliphatic rings. The van der Waals surface area contributed by atoms with Gasteiger partial charge in [0.25, 0.3) is 0 Å². The Bertz CT molecular complexity index is 820. The summed E-state index contributed by atoms with van der Waals surface area (Å²) in [7, 11) is 0. The van der Waals surface area contributed by atoms with E-state index in [4.69, 9.17) is 0 Å². The number of hydrogen-bond donors (Lipinski definition) is 1. The van der Waals surface area contributed by atoms with Crippen molar-refractivity contribution in [2.24, 2.45) is 0 Å². The molecule has 0 aliphatic carbocycles. The van der Waals surface area contributed by atoms with E-state index < -0.39 is 0 Å². The third-order valence-electron chi connectivity index (χ3n) is 3.79. The van der Waals surface area contributed by atoms with Crippen LogP contribution in [0.15, 0.2) is 53.9 Å². The Morgan fingerprint density at radius 1 is 1.00 bits per heavy atom. The maximum atomic E-state index is 12.0. The summed E-state index contributed by atoms with van der Waals surface area (Å²) in [6.07, 6.45) is 0.413. The molecule has 0 spiro atoms. The highest BCUT2D eigenvalue weighted by molar-refractivity contribution is 7.13. The maximum absolute atomic E-state index is 12.0. The number of rotatable bonds is 5. The largest absolute Gasteiger partial charge is 0.352 e. The quantitative estimate of drug-likeness (QED) is 0.755. The van der Waals surface area contributed by atoms with Crippen LogP contribution >= 0.6 is 11.3 Å². The summed E-state index contributed by atoms with van der Waals surface area (Å²) >= 11 is 1.65. The minimum Gasteiger partial charge on any atom is -0.352 e. The van der Waals surface area contributed by atoms with Crippen molar-refractivity contribution in [2.75, 3.05) is 0 Å². The molecular weight excluding hydrogens is 316 g/mol. The van der Waals surface area contributed by atoms with Crippen LogP contribution in [0.2, 0.25) is 0 Å². The number of hydrogen-bond acceptors (Lipinski definition) is 3. The van der Waals surface area contributed by atoms with Crippen molar-refractivity contribution in [2.45, 2.75) is 26.8 Å². The van der Waals surface area contributed by atoms with Crippen molar-refractivity contribution >= 4 is 17.2 Å². The standard InChI is InChI=1S/C20H20N2OS/c1-14-3-5-16(6-4-14)11-19(23)21-12-17-7-9-18(10-8-17)20-22-15(2)13-24-20/h3-10,13H,11-12H2,1-2H3,(H,21,23). The zero-order valence-electron chi connectivity index (χ0n) is 13.9. The van der Waals surface area contributed by atoms with Crippen LogP contribution in [0, 0.1) is 13.8 Å². The molecule has 0 aliphatic heterocycles. The highest BCUT2D eigenvalue weighted by Crippen LogP contribution is 2.23. The summed E-state index contributed by atoms with van der Waals surface area (Å²) in [6, 6.07) is 16.2. The number of carbonyl (C=O) groups excluding carboxylic acids is 1. The van der Waals surface area contributed by atoms with Gasteiger partial charge in [0.05, 0.1) is 6.42 Å². The fourth-order valence-electron chi connectivity index (χ4n) is 2.41. The van der Waals surface area contributed by atoms with Crippen molar-refractivity contribution < 1.29 is 4.79 Å². The number of nitrogens with one attached hydrogen (secondary N) is 1. The van der Waals surface area contributed by atoms with Crippen molar-refractivity contribution in [3.8, 4) is 10.6 Å². The molecule has 24 heavy (non-hydrogen) atoms. The van der Waals surface area contributed by atoms with Gasteiger partial charge in [-0.1, -0.05) is 54.1 Å². The van der Waals surface area contributed by atoms with Crippen LogP contribution in [-0.2, 0) is 17.8 Å². The van der Waals surface area contributed by atoms with Crippen LogP contribution in [0.5, 0.6) is 0 Å². The number of amides is 1. The Labute approximate surface area is 146 Å². The Hall–Kier alpha value is -2.46. The monoisotopic (exact) mass is 336 g/mol. The lowest BCUT2D eigenvalue weighted by molar-refractivity contribution is -0.120. The molecular formula is C20H20N2OS. The zero-order valence-corrected chi connectivity index (χ0v) is 14.7. The van der Waals surface area contributed by atoms with E-state index in [2.05, 4.69) is 27.8 Å². The van der Waals surface area contributed by atoms with Gasteiger partial charge in [0.1, 0.15) is 5.01 Å². The van der Waals surface area contributed by atoms with E-state index in [0.29, 0.717) is 13.0 Å². The molecule has 0 fully saturated rings. The van der Waals surface area contributed by atoms with Crippen LogP contribution in [0.4, 0.5) is 0 Å². The molecule has 4 heteroatoms. The molecule has 0 unspecified atom stereocenters. The van der Waals surface area contributed by atoms with E-state index in [9.17, 15) is 4.79 Å². The summed E-state index contributed by atoms with van der Waals surface area (Å²) in [6.45, 7) is 4.58. The van der Waals surface area contributed by atoms with E-state index in [0.717, 1.165) is 27.4 Å². The first-order valence-electron chi connectivity index (χ1n) is 7.94. The van der Waals surface area contributed by atoms with Gasteiger partial charge in [-0.2, -0.15) is 0 Å². The first-order chi connectivity index (χ1) is 11.6. The van der Waals surface area contributed by atoms with Crippen LogP contribution in [0.25, 0.3) is 10.6 Å². The summed E-state index contributed by atoms with van der Waals surface area (Å²) in [5.74, 6) is 0.0403. The van der Waals surface area contributed by atoms with E-state index in [-0.39, 0.29) is 5.91 Å². The first-order valence-corrected chi connectivity index (χ1v) is 8.82. The molecule has 0 atom stereocenters. The zero-order chi connectivity index (χ0) is 16.9. The number of benzene rings is 2. The summed E-state index contributed by atoms with van der Waals surface area (Å²) < 4.78 is 0. The van der Waals surface area contributed by atoms with Crippen LogP contribution < -0.4 is 5.32 Å².